The first-order chi connectivity index (χ1) is 15.2. The molecule has 0 amide bonds. The van der Waals surface area contributed by atoms with Crippen LogP contribution < -0.4 is 11.4 Å². The summed E-state index contributed by atoms with van der Waals surface area (Å²) < 4.78 is 7.23. The second kappa shape index (κ2) is 6.49. The largest absolute Gasteiger partial charge is 0.422 e. The van der Waals surface area contributed by atoms with Crippen LogP contribution in [0.4, 0.5) is 5.82 Å². The number of benzene rings is 2. The summed E-state index contributed by atoms with van der Waals surface area (Å²) in [4.78, 5) is 14.1. The average molecular weight is 422 g/mol. The molecule has 0 saturated carbocycles. The number of nitriles is 1. The van der Waals surface area contributed by atoms with Crippen LogP contribution in [0.15, 0.2) is 74.8 Å². The van der Waals surface area contributed by atoms with Crippen molar-refractivity contribution in [3.8, 4) is 28.7 Å². The standard InChI is InChI=1S/C24H14N4O2S/c25-11-15-18-10-17(13-6-2-1-3-7-13)27-28(18)23(26)21-20(15)16-12-31-19-9-5-4-8-14(19)22(16)30-24(21)29/h1-10H,12,26H2. The van der Waals surface area contributed by atoms with E-state index < -0.39 is 5.63 Å². The Balaban J connectivity index is 1.77. The molecule has 0 aliphatic carbocycles. The van der Waals surface area contributed by atoms with Gasteiger partial charge in [0.15, 0.2) is 0 Å². The molecule has 0 atom stereocenters. The van der Waals surface area contributed by atoms with Crippen molar-refractivity contribution in [2.75, 3.05) is 5.73 Å². The molecule has 2 aromatic carbocycles. The smallest absolute Gasteiger partial charge is 0.348 e. The van der Waals surface area contributed by atoms with E-state index in [0.717, 1.165) is 21.6 Å². The number of pyridine rings is 1. The van der Waals surface area contributed by atoms with Crippen LogP contribution in [0.1, 0.15) is 11.1 Å². The maximum Gasteiger partial charge on any atom is 0.348 e. The van der Waals surface area contributed by atoms with E-state index in [-0.39, 0.29) is 11.2 Å². The van der Waals surface area contributed by atoms with Gasteiger partial charge in [-0.05, 0) is 12.1 Å². The van der Waals surface area contributed by atoms with Crippen molar-refractivity contribution in [3.63, 3.8) is 0 Å². The van der Waals surface area contributed by atoms with Gasteiger partial charge in [0.05, 0.1) is 16.8 Å². The van der Waals surface area contributed by atoms with Gasteiger partial charge in [0.25, 0.3) is 0 Å². The Kier molecular flexibility index (Phi) is 3.73. The Labute approximate surface area is 180 Å². The minimum atomic E-state index is -0.567. The first-order valence-corrected chi connectivity index (χ1v) is 10.6. The molecule has 5 aromatic rings. The number of nitrogens with zero attached hydrogens (tertiary/aromatic N) is 3. The summed E-state index contributed by atoms with van der Waals surface area (Å²) >= 11 is 1.65. The van der Waals surface area contributed by atoms with Gasteiger partial charge < -0.3 is 10.2 Å². The van der Waals surface area contributed by atoms with Crippen LogP contribution in [0.25, 0.3) is 38.9 Å². The summed E-state index contributed by atoms with van der Waals surface area (Å²) in [6.45, 7) is 0. The highest BCUT2D eigenvalue weighted by Crippen LogP contribution is 2.45. The molecule has 0 saturated heterocycles. The summed E-state index contributed by atoms with van der Waals surface area (Å²) in [6.07, 6.45) is 0. The average Bonchev–Trinajstić information content (AvgIpc) is 3.25. The van der Waals surface area contributed by atoms with Crippen LogP contribution in [0.3, 0.4) is 0 Å². The SMILES string of the molecule is N#Cc1c2c3c(oc(=O)c2c(N)n2nc(-c4ccccc4)cc12)-c1ccccc1SC3. The maximum absolute atomic E-state index is 13.1. The Morgan fingerprint density at radius 3 is 2.68 bits per heavy atom. The number of hydrogen-bond donors (Lipinski definition) is 1. The van der Waals surface area contributed by atoms with Crippen molar-refractivity contribution < 1.29 is 4.42 Å². The molecule has 4 heterocycles. The fourth-order valence-electron chi connectivity index (χ4n) is 4.21. The van der Waals surface area contributed by atoms with Gasteiger partial charge in [0.1, 0.15) is 23.0 Å². The monoisotopic (exact) mass is 422 g/mol. The van der Waals surface area contributed by atoms with Crippen LogP contribution in [-0.2, 0) is 5.75 Å². The molecular weight excluding hydrogens is 408 g/mol. The minimum absolute atomic E-state index is 0.173. The molecule has 0 unspecified atom stereocenters. The second-order valence-corrected chi connectivity index (χ2v) is 8.31. The Bertz CT molecular complexity index is 1630. The molecule has 31 heavy (non-hydrogen) atoms. The van der Waals surface area contributed by atoms with Gasteiger partial charge in [0, 0.05) is 32.7 Å². The number of thioether (sulfide) groups is 1. The predicted molar refractivity (Wildman–Crippen MR) is 121 cm³/mol. The van der Waals surface area contributed by atoms with Gasteiger partial charge in [-0.3, -0.25) is 0 Å². The molecule has 3 aromatic heterocycles. The van der Waals surface area contributed by atoms with E-state index in [1.165, 1.54) is 4.52 Å². The molecule has 2 N–H and O–H groups in total. The van der Waals surface area contributed by atoms with Crippen LogP contribution in [-0.4, -0.2) is 9.61 Å². The van der Waals surface area contributed by atoms with Crippen molar-refractivity contribution in [2.24, 2.45) is 0 Å². The Morgan fingerprint density at radius 1 is 1.10 bits per heavy atom. The van der Waals surface area contributed by atoms with Crippen molar-refractivity contribution in [1.29, 1.82) is 5.26 Å². The highest BCUT2D eigenvalue weighted by Gasteiger charge is 2.27. The van der Waals surface area contributed by atoms with E-state index in [4.69, 9.17) is 10.2 Å². The molecule has 0 radical (unpaired) electrons. The number of fused-ring (bicyclic) bond motifs is 6. The van der Waals surface area contributed by atoms with Crippen molar-refractivity contribution >= 4 is 33.9 Å². The predicted octanol–water partition coefficient (Wildman–Crippen LogP) is 4.83. The molecule has 0 fully saturated rings. The second-order valence-electron chi connectivity index (χ2n) is 7.30. The van der Waals surface area contributed by atoms with Crippen LogP contribution in [0.2, 0.25) is 0 Å². The van der Waals surface area contributed by atoms with Crippen LogP contribution >= 0.6 is 11.8 Å². The lowest BCUT2D eigenvalue weighted by Crippen LogP contribution is -2.13. The molecule has 6 nitrogen and oxygen atoms in total. The van der Waals surface area contributed by atoms with E-state index in [1.807, 2.05) is 60.7 Å². The number of nitrogens with two attached hydrogens (primary N) is 1. The van der Waals surface area contributed by atoms with E-state index in [0.29, 0.717) is 33.7 Å². The number of rotatable bonds is 1. The zero-order chi connectivity index (χ0) is 21.1. The normalized spacial score (nSPS) is 12.5. The fourth-order valence-corrected chi connectivity index (χ4v) is 5.27. The van der Waals surface area contributed by atoms with Crippen LogP contribution in [0.5, 0.6) is 0 Å². The molecule has 7 heteroatoms. The molecule has 0 spiro atoms. The highest BCUT2D eigenvalue weighted by molar-refractivity contribution is 7.98. The third kappa shape index (κ3) is 2.46. The maximum atomic E-state index is 13.1. The lowest BCUT2D eigenvalue weighted by atomic mass is 9.98. The molecular formula is C24H14N4O2S. The lowest BCUT2D eigenvalue weighted by Gasteiger charge is -2.20. The van der Waals surface area contributed by atoms with Gasteiger partial charge in [-0.2, -0.15) is 10.4 Å². The number of hydrogen-bond acceptors (Lipinski definition) is 6. The quantitative estimate of drug-likeness (QED) is 0.415. The van der Waals surface area contributed by atoms with Gasteiger partial charge in [-0.1, -0.05) is 48.5 Å². The van der Waals surface area contributed by atoms with Gasteiger partial charge in [-0.25, -0.2) is 9.31 Å². The first kappa shape index (κ1) is 17.8. The first-order valence-electron chi connectivity index (χ1n) is 9.66. The molecule has 0 bridgehead atoms. The van der Waals surface area contributed by atoms with Crippen molar-refractivity contribution in [1.82, 2.24) is 9.61 Å². The summed E-state index contributed by atoms with van der Waals surface area (Å²) in [6, 6.07) is 21.6. The topological polar surface area (TPSA) is 97.3 Å². The number of anilines is 1. The third-order valence-electron chi connectivity index (χ3n) is 5.61. The van der Waals surface area contributed by atoms with Gasteiger partial charge in [-0.15, -0.1) is 11.8 Å². The minimum Gasteiger partial charge on any atom is -0.422 e. The van der Waals surface area contributed by atoms with E-state index >= 15 is 0 Å². The Morgan fingerprint density at radius 2 is 1.87 bits per heavy atom. The van der Waals surface area contributed by atoms with Gasteiger partial charge in [0.2, 0.25) is 0 Å². The van der Waals surface area contributed by atoms with E-state index in [1.54, 1.807) is 11.8 Å². The zero-order valence-electron chi connectivity index (χ0n) is 16.1. The molecule has 1 aliphatic rings. The summed E-state index contributed by atoms with van der Waals surface area (Å²) in [7, 11) is 0. The van der Waals surface area contributed by atoms with Gasteiger partial charge >= 0.3 is 5.63 Å². The number of nitrogen functional groups attached to an aromatic ring is 1. The number of aromatic nitrogens is 2. The van der Waals surface area contributed by atoms with Crippen LogP contribution in [0, 0.1) is 11.3 Å². The Hall–Kier alpha value is -4.02. The van der Waals surface area contributed by atoms with Crippen molar-refractivity contribution in [3.05, 3.63) is 82.2 Å². The molecule has 148 valence electrons. The van der Waals surface area contributed by atoms with Crippen molar-refractivity contribution in [2.45, 2.75) is 10.6 Å². The summed E-state index contributed by atoms with van der Waals surface area (Å²) in [5.74, 6) is 1.26. The molecule has 1 aliphatic heterocycles. The lowest BCUT2D eigenvalue weighted by molar-refractivity contribution is 0.529. The highest BCUT2D eigenvalue weighted by atomic mass is 32.2. The summed E-state index contributed by atoms with van der Waals surface area (Å²) in [5, 5.41) is 15.5. The molecule has 6 rings (SSSR count). The van der Waals surface area contributed by atoms with E-state index in [2.05, 4.69) is 11.2 Å². The fraction of sp³-hybridized carbons (Fsp3) is 0.0417. The zero-order valence-corrected chi connectivity index (χ0v) is 16.9. The summed E-state index contributed by atoms with van der Waals surface area (Å²) in [5.41, 5.74) is 10.1. The third-order valence-corrected chi connectivity index (χ3v) is 6.71. The van der Waals surface area contributed by atoms with E-state index in [9.17, 15) is 10.1 Å².